The second-order valence-electron chi connectivity index (χ2n) is 6.93. The average molecular weight is 377 g/mol. The van der Waals surface area contributed by atoms with Gasteiger partial charge in [-0.2, -0.15) is 0 Å². The molecule has 2 aromatic rings. The largest absolute Gasteiger partial charge is 0.350 e. The van der Waals surface area contributed by atoms with E-state index in [-0.39, 0.29) is 17.5 Å². The van der Waals surface area contributed by atoms with Crippen LogP contribution in [0.3, 0.4) is 0 Å². The van der Waals surface area contributed by atoms with Gasteiger partial charge in [-0.15, -0.1) is 0 Å². The van der Waals surface area contributed by atoms with Gasteiger partial charge >= 0.3 is 0 Å². The number of carbonyl (C=O) groups excluding carboxylic acids is 2. The third-order valence-corrected chi connectivity index (χ3v) is 4.99. The molecule has 0 unspecified atom stereocenters. The first-order valence-corrected chi connectivity index (χ1v) is 9.98. The number of para-hydroxylation sites is 1. The number of hydrogen-bond donors (Lipinski definition) is 1. The average Bonchev–Trinajstić information content (AvgIpc) is 2.76. The Morgan fingerprint density at radius 2 is 1.96 bits per heavy atom. The topological polar surface area (TPSA) is 62.3 Å². The summed E-state index contributed by atoms with van der Waals surface area (Å²) in [6, 6.07) is 12.7. The Kier molecular flexibility index (Phi) is 6.95. The van der Waals surface area contributed by atoms with E-state index in [9.17, 15) is 9.59 Å². The number of amides is 2. The van der Waals surface area contributed by atoms with Gasteiger partial charge in [0.1, 0.15) is 5.69 Å². The molecule has 1 aliphatic carbocycles. The monoisotopic (exact) mass is 377 g/mol. The first-order chi connectivity index (χ1) is 13.7. The van der Waals surface area contributed by atoms with E-state index < -0.39 is 0 Å². The first-order valence-electron chi connectivity index (χ1n) is 9.98. The maximum atomic E-state index is 12.9. The van der Waals surface area contributed by atoms with Crippen LogP contribution in [0.4, 0.5) is 5.69 Å². The fourth-order valence-electron chi connectivity index (χ4n) is 3.45. The number of anilines is 1. The van der Waals surface area contributed by atoms with Crippen molar-refractivity contribution < 1.29 is 9.59 Å². The zero-order valence-corrected chi connectivity index (χ0v) is 16.4. The van der Waals surface area contributed by atoms with E-state index in [1.807, 2.05) is 37.3 Å². The molecule has 3 rings (SSSR count). The highest BCUT2D eigenvalue weighted by Gasteiger charge is 2.18. The van der Waals surface area contributed by atoms with Gasteiger partial charge in [-0.3, -0.25) is 14.6 Å². The van der Waals surface area contributed by atoms with Gasteiger partial charge in [0.05, 0.1) is 0 Å². The molecule has 146 valence electrons. The highest BCUT2D eigenvalue weighted by molar-refractivity contribution is 6.07. The Balaban J connectivity index is 1.64. The minimum absolute atomic E-state index is 0.141. The van der Waals surface area contributed by atoms with E-state index in [1.54, 1.807) is 17.0 Å². The van der Waals surface area contributed by atoms with Crippen molar-refractivity contribution in [3.63, 3.8) is 0 Å². The quantitative estimate of drug-likeness (QED) is 0.729. The number of pyridine rings is 1. The SMILES string of the molecule is CCN(C(=O)c1ccnc(C(=O)NCCC2=CCCCC2)c1)c1ccccc1. The zero-order valence-electron chi connectivity index (χ0n) is 16.4. The van der Waals surface area contributed by atoms with Crippen molar-refractivity contribution in [3.8, 4) is 0 Å². The molecule has 28 heavy (non-hydrogen) atoms. The first kappa shape index (κ1) is 19.8. The highest BCUT2D eigenvalue weighted by atomic mass is 16.2. The fourth-order valence-corrected chi connectivity index (χ4v) is 3.45. The lowest BCUT2D eigenvalue weighted by Crippen LogP contribution is -2.31. The number of aromatic nitrogens is 1. The Morgan fingerprint density at radius 3 is 2.68 bits per heavy atom. The predicted molar refractivity (Wildman–Crippen MR) is 112 cm³/mol. The third-order valence-electron chi connectivity index (χ3n) is 4.99. The minimum atomic E-state index is -0.242. The van der Waals surface area contributed by atoms with Crippen LogP contribution in [-0.2, 0) is 0 Å². The van der Waals surface area contributed by atoms with Gasteiger partial charge in [-0.25, -0.2) is 0 Å². The Hall–Kier alpha value is -2.95. The van der Waals surface area contributed by atoms with Crippen LogP contribution in [-0.4, -0.2) is 29.9 Å². The summed E-state index contributed by atoms with van der Waals surface area (Å²) in [5.41, 5.74) is 2.98. The van der Waals surface area contributed by atoms with Crippen LogP contribution in [0.2, 0.25) is 0 Å². The molecule has 0 bridgehead atoms. The van der Waals surface area contributed by atoms with Crippen LogP contribution < -0.4 is 10.2 Å². The van der Waals surface area contributed by atoms with Crippen molar-refractivity contribution in [1.29, 1.82) is 0 Å². The number of nitrogens with zero attached hydrogens (tertiary/aromatic N) is 2. The van der Waals surface area contributed by atoms with E-state index in [0.29, 0.717) is 18.7 Å². The molecule has 1 aromatic heterocycles. The van der Waals surface area contributed by atoms with Crippen molar-refractivity contribution in [1.82, 2.24) is 10.3 Å². The molecule has 1 aliphatic rings. The van der Waals surface area contributed by atoms with Crippen LogP contribution in [0.1, 0.15) is 59.9 Å². The van der Waals surface area contributed by atoms with Gasteiger partial charge in [0, 0.05) is 30.5 Å². The molecule has 5 nitrogen and oxygen atoms in total. The second-order valence-corrected chi connectivity index (χ2v) is 6.93. The van der Waals surface area contributed by atoms with Crippen LogP contribution in [0.15, 0.2) is 60.3 Å². The molecule has 0 saturated heterocycles. The fraction of sp³-hybridized carbons (Fsp3) is 0.348. The predicted octanol–water partition coefficient (Wildman–Crippen LogP) is 4.37. The summed E-state index contributed by atoms with van der Waals surface area (Å²) in [7, 11) is 0. The van der Waals surface area contributed by atoms with Crippen LogP contribution in [0, 0.1) is 0 Å². The van der Waals surface area contributed by atoms with Gasteiger partial charge in [0.25, 0.3) is 11.8 Å². The summed E-state index contributed by atoms with van der Waals surface area (Å²) in [5, 5.41) is 2.92. The highest BCUT2D eigenvalue weighted by Crippen LogP contribution is 2.19. The number of nitrogens with one attached hydrogen (secondary N) is 1. The Morgan fingerprint density at radius 1 is 1.14 bits per heavy atom. The Labute approximate surface area is 166 Å². The number of carbonyl (C=O) groups is 2. The molecular formula is C23H27N3O2. The zero-order chi connectivity index (χ0) is 19.8. The maximum Gasteiger partial charge on any atom is 0.269 e. The Bertz CT molecular complexity index is 846. The number of benzene rings is 1. The van der Waals surface area contributed by atoms with E-state index in [0.717, 1.165) is 24.9 Å². The van der Waals surface area contributed by atoms with Crippen LogP contribution in [0.5, 0.6) is 0 Å². The molecule has 1 aromatic carbocycles. The molecule has 0 aliphatic heterocycles. The summed E-state index contributed by atoms with van der Waals surface area (Å²) < 4.78 is 0. The lowest BCUT2D eigenvalue weighted by Gasteiger charge is -2.21. The molecule has 0 atom stereocenters. The molecule has 1 N–H and O–H groups in total. The summed E-state index contributed by atoms with van der Waals surface area (Å²) in [4.78, 5) is 31.2. The maximum absolute atomic E-state index is 12.9. The molecule has 0 saturated carbocycles. The van der Waals surface area contributed by atoms with Crippen molar-refractivity contribution in [2.75, 3.05) is 18.0 Å². The van der Waals surface area contributed by atoms with E-state index in [4.69, 9.17) is 0 Å². The van der Waals surface area contributed by atoms with Crippen molar-refractivity contribution >= 4 is 17.5 Å². The normalized spacial score (nSPS) is 13.5. The van der Waals surface area contributed by atoms with Gasteiger partial charge in [-0.05, 0) is 63.3 Å². The van der Waals surface area contributed by atoms with Crippen molar-refractivity contribution in [3.05, 3.63) is 71.6 Å². The molecule has 2 amide bonds. The molecule has 1 heterocycles. The molecular weight excluding hydrogens is 350 g/mol. The van der Waals surface area contributed by atoms with Gasteiger partial charge in [0.2, 0.25) is 0 Å². The number of rotatable bonds is 7. The summed E-state index contributed by atoms with van der Waals surface area (Å²) in [6.07, 6.45) is 9.46. The van der Waals surface area contributed by atoms with Crippen molar-refractivity contribution in [2.24, 2.45) is 0 Å². The van der Waals surface area contributed by atoms with E-state index in [1.165, 1.54) is 24.6 Å². The van der Waals surface area contributed by atoms with E-state index in [2.05, 4.69) is 16.4 Å². The summed E-state index contributed by atoms with van der Waals surface area (Å²) in [6.45, 7) is 3.07. The summed E-state index contributed by atoms with van der Waals surface area (Å²) in [5.74, 6) is -0.383. The van der Waals surface area contributed by atoms with E-state index >= 15 is 0 Å². The summed E-state index contributed by atoms with van der Waals surface area (Å²) >= 11 is 0. The van der Waals surface area contributed by atoms with Crippen LogP contribution >= 0.6 is 0 Å². The number of hydrogen-bond acceptors (Lipinski definition) is 3. The van der Waals surface area contributed by atoms with Crippen molar-refractivity contribution in [2.45, 2.75) is 39.0 Å². The van der Waals surface area contributed by atoms with Gasteiger partial charge in [0.15, 0.2) is 0 Å². The minimum Gasteiger partial charge on any atom is -0.350 e. The lowest BCUT2D eigenvalue weighted by molar-refractivity contribution is 0.0949. The molecule has 0 radical (unpaired) electrons. The standard InChI is InChI=1S/C23H27N3O2/c1-2-26(20-11-7-4-8-12-20)23(28)19-14-16-24-21(17-19)22(27)25-15-13-18-9-5-3-6-10-18/h4,7-9,11-12,14,16-17H,2-3,5-6,10,13,15H2,1H3,(H,25,27). The second kappa shape index (κ2) is 9.83. The lowest BCUT2D eigenvalue weighted by atomic mass is 9.97. The van der Waals surface area contributed by atoms with Crippen LogP contribution in [0.25, 0.3) is 0 Å². The molecule has 5 heteroatoms. The smallest absolute Gasteiger partial charge is 0.269 e. The molecule has 0 fully saturated rings. The number of allylic oxidation sites excluding steroid dienone is 1. The third kappa shape index (κ3) is 5.06. The molecule has 0 spiro atoms. The van der Waals surface area contributed by atoms with Gasteiger partial charge < -0.3 is 10.2 Å². The van der Waals surface area contributed by atoms with Gasteiger partial charge in [-0.1, -0.05) is 29.8 Å².